The number of rotatable bonds is 3. The Morgan fingerprint density at radius 1 is 1.21 bits per heavy atom. The SMILES string of the molecule is C#CCN=C1NC(=O)SC1=CC1(C)CC2CN(c3ccc(C(F)(F)F)cc3C(F)(F)F)CC2C1. The zero-order valence-corrected chi connectivity index (χ0v) is 18.9. The second-order valence-corrected chi connectivity index (χ2v) is 10.1. The molecule has 1 aromatic rings. The Kier molecular flexibility index (Phi) is 6.17. The molecule has 2 unspecified atom stereocenters. The Morgan fingerprint density at radius 3 is 2.41 bits per heavy atom. The topological polar surface area (TPSA) is 44.7 Å². The average molecular weight is 501 g/mol. The summed E-state index contributed by atoms with van der Waals surface area (Å²) in [5.74, 6) is 2.96. The fourth-order valence-corrected chi connectivity index (χ4v) is 6.10. The highest BCUT2D eigenvalue weighted by Crippen LogP contribution is 2.52. The van der Waals surface area contributed by atoms with E-state index in [1.165, 1.54) is 0 Å². The van der Waals surface area contributed by atoms with Crippen molar-refractivity contribution in [2.75, 3.05) is 24.5 Å². The molecule has 4 rings (SSSR count). The normalized spacial score (nSPS) is 29.6. The van der Waals surface area contributed by atoms with Crippen LogP contribution < -0.4 is 10.2 Å². The van der Waals surface area contributed by atoms with Crippen molar-refractivity contribution in [3.63, 3.8) is 0 Å². The van der Waals surface area contributed by atoms with Gasteiger partial charge in [0.1, 0.15) is 12.4 Å². The number of alkyl halides is 6. The molecule has 2 saturated heterocycles. The molecule has 0 bridgehead atoms. The van der Waals surface area contributed by atoms with E-state index in [1.54, 1.807) is 4.90 Å². The molecule has 1 N–H and O–H groups in total. The second kappa shape index (κ2) is 8.56. The molecule has 4 nitrogen and oxygen atoms in total. The van der Waals surface area contributed by atoms with Crippen molar-refractivity contribution >= 4 is 28.5 Å². The van der Waals surface area contributed by atoms with E-state index in [9.17, 15) is 31.1 Å². The van der Waals surface area contributed by atoms with Crippen molar-refractivity contribution in [1.29, 1.82) is 0 Å². The number of hydrogen-bond donors (Lipinski definition) is 1. The number of amidine groups is 1. The number of hydrogen-bond acceptors (Lipinski definition) is 4. The van der Waals surface area contributed by atoms with E-state index in [4.69, 9.17) is 6.42 Å². The molecule has 2 atom stereocenters. The first-order valence-electron chi connectivity index (χ1n) is 10.5. The number of anilines is 1. The minimum absolute atomic E-state index is 0.0754. The van der Waals surface area contributed by atoms with E-state index in [0.29, 0.717) is 42.7 Å². The zero-order valence-electron chi connectivity index (χ0n) is 18.1. The molecule has 0 spiro atoms. The predicted molar refractivity (Wildman–Crippen MR) is 118 cm³/mol. The summed E-state index contributed by atoms with van der Waals surface area (Å²) in [5.41, 5.74) is -3.10. The van der Waals surface area contributed by atoms with Crippen LogP contribution in [-0.2, 0) is 12.4 Å². The fourth-order valence-electron chi connectivity index (χ4n) is 5.20. The number of carbonyl (C=O) groups is 1. The van der Waals surface area contributed by atoms with Crippen molar-refractivity contribution < 1.29 is 31.1 Å². The molecule has 11 heteroatoms. The predicted octanol–water partition coefficient (Wildman–Crippen LogP) is 5.95. The Hall–Kier alpha value is -2.61. The minimum Gasteiger partial charge on any atom is -0.370 e. The van der Waals surface area contributed by atoms with Gasteiger partial charge < -0.3 is 10.2 Å². The number of nitrogens with one attached hydrogen (secondary N) is 1. The molecule has 3 fully saturated rings. The minimum atomic E-state index is -4.90. The first kappa shape index (κ1) is 24.5. The molecule has 2 aliphatic heterocycles. The third kappa shape index (κ3) is 4.92. The Bertz CT molecular complexity index is 1090. The average Bonchev–Trinajstić information content (AvgIpc) is 3.35. The van der Waals surface area contributed by atoms with Gasteiger partial charge in [0.25, 0.3) is 5.24 Å². The molecule has 182 valence electrons. The first-order valence-corrected chi connectivity index (χ1v) is 11.3. The first-order chi connectivity index (χ1) is 15.8. The van der Waals surface area contributed by atoms with Crippen molar-refractivity contribution in [2.45, 2.75) is 32.1 Å². The molecule has 0 aromatic heterocycles. The smallest absolute Gasteiger partial charge is 0.370 e. The zero-order chi connectivity index (χ0) is 24.9. The lowest BCUT2D eigenvalue weighted by Crippen LogP contribution is -2.27. The summed E-state index contributed by atoms with van der Waals surface area (Å²) in [4.78, 5) is 18.2. The number of fused-ring (bicyclic) bond motifs is 1. The van der Waals surface area contributed by atoms with Crippen LogP contribution in [0.4, 0.5) is 36.8 Å². The molecule has 2 heterocycles. The van der Waals surface area contributed by atoms with Crippen LogP contribution in [-0.4, -0.2) is 30.7 Å². The summed E-state index contributed by atoms with van der Waals surface area (Å²) in [6, 6.07) is 1.82. The summed E-state index contributed by atoms with van der Waals surface area (Å²) in [5, 5.41) is 2.41. The number of amides is 1. The van der Waals surface area contributed by atoms with E-state index < -0.39 is 23.5 Å². The molecule has 0 radical (unpaired) electrons. The lowest BCUT2D eigenvalue weighted by molar-refractivity contribution is -0.142. The van der Waals surface area contributed by atoms with E-state index >= 15 is 0 Å². The molecule has 1 amide bonds. The number of carbonyl (C=O) groups excluding carboxylic acids is 1. The van der Waals surface area contributed by atoms with Gasteiger partial charge in [0.05, 0.1) is 16.0 Å². The highest BCUT2D eigenvalue weighted by atomic mass is 32.2. The number of terminal acetylenes is 1. The summed E-state index contributed by atoms with van der Waals surface area (Å²) in [6.07, 6.45) is -1.18. The van der Waals surface area contributed by atoms with Crippen molar-refractivity contribution in [2.24, 2.45) is 22.2 Å². The summed E-state index contributed by atoms with van der Waals surface area (Å²) >= 11 is 1.03. The van der Waals surface area contributed by atoms with E-state index in [-0.39, 0.29) is 40.8 Å². The molecular weight excluding hydrogens is 480 g/mol. The summed E-state index contributed by atoms with van der Waals surface area (Å²) in [6.45, 7) is 2.80. The second-order valence-electron chi connectivity index (χ2n) is 9.11. The Balaban J connectivity index is 1.54. The number of benzene rings is 1. The maximum Gasteiger partial charge on any atom is 0.418 e. The lowest BCUT2D eigenvalue weighted by Gasteiger charge is -2.28. The molecule has 34 heavy (non-hydrogen) atoms. The Labute approximate surface area is 196 Å². The molecule has 1 aliphatic carbocycles. The fraction of sp³-hybridized carbons (Fsp3) is 0.478. The number of nitrogens with zero attached hydrogens (tertiary/aromatic N) is 2. The van der Waals surface area contributed by atoms with Gasteiger partial charge in [0.15, 0.2) is 0 Å². The monoisotopic (exact) mass is 501 g/mol. The Morgan fingerprint density at radius 2 is 1.85 bits per heavy atom. The van der Waals surface area contributed by atoms with Crippen LogP contribution in [0, 0.1) is 29.6 Å². The van der Waals surface area contributed by atoms with Gasteiger partial charge in [-0.15, -0.1) is 6.42 Å². The maximum atomic E-state index is 13.6. The van der Waals surface area contributed by atoms with Crippen LogP contribution in [0.2, 0.25) is 0 Å². The van der Waals surface area contributed by atoms with Gasteiger partial charge in [-0.05, 0) is 60.1 Å². The summed E-state index contributed by atoms with van der Waals surface area (Å²) in [7, 11) is 0. The third-order valence-corrected chi connectivity index (χ3v) is 7.29. The van der Waals surface area contributed by atoms with Gasteiger partial charge in [-0.25, -0.2) is 0 Å². The van der Waals surface area contributed by atoms with Gasteiger partial charge in [0, 0.05) is 18.8 Å². The van der Waals surface area contributed by atoms with Gasteiger partial charge in [0.2, 0.25) is 0 Å². The van der Waals surface area contributed by atoms with Gasteiger partial charge in [-0.1, -0.05) is 18.9 Å². The van der Waals surface area contributed by atoms with Gasteiger partial charge in [-0.2, -0.15) is 26.3 Å². The van der Waals surface area contributed by atoms with Crippen LogP contribution >= 0.6 is 11.8 Å². The van der Waals surface area contributed by atoms with Crippen LogP contribution in [0.5, 0.6) is 0 Å². The summed E-state index contributed by atoms with van der Waals surface area (Å²) < 4.78 is 79.8. The molecular formula is C23H21F6N3OS. The van der Waals surface area contributed by atoms with Crippen LogP contribution in [0.1, 0.15) is 30.9 Å². The van der Waals surface area contributed by atoms with E-state index in [2.05, 4.69) is 16.2 Å². The van der Waals surface area contributed by atoms with Crippen molar-refractivity contribution in [1.82, 2.24) is 5.32 Å². The largest absolute Gasteiger partial charge is 0.418 e. The van der Waals surface area contributed by atoms with Crippen molar-refractivity contribution in [3.05, 3.63) is 40.3 Å². The number of thioether (sulfide) groups is 1. The van der Waals surface area contributed by atoms with Crippen LogP contribution in [0.25, 0.3) is 0 Å². The standard InChI is InChI=1S/C23H21F6N3OS/c1-3-6-30-19-18(34-20(33)31-19)10-21(2)8-13-11-32(12-14(13)9-21)17-5-4-15(22(24,25)26)7-16(17)23(27,28)29/h1,4-5,7,10,13-14H,6,8-9,11-12H2,2H3,(H,30,31,33). The third-order valence-electron chi connectivity index (χ3n) is 6.47. The molecule has 1 saturated carbocycles. The number of allylic oxidation sites excluding steroid dienone is 1. The quantitative estimate of drug-likeness (QED) is 0.411. The van der Waals surface area contributed by atoms with Gasteiger partial charge in [-0.3, -0.25) is 9.79 Å². The highest BCUT2D eigenvalue weighted by Gasteiger charge is 2.48. The highest BCUT2D eigenvalue weighted by molar-refractivity contribution is 8.18. The van der Waals surface area contributed by atoms with Crippen LogP contribution in [0.3, 0.4) is 0 Å². The van der Waals surface area contributed by atoms with E-state index in [1.807, 2.05) is 13.0 Å². The lowest BCUT2D eigenvalue weighted by atomic mass is 9.86. The van der Waals surface area contributed by atoms with Crippen LogP contribution in [0.15, 0.2) is 34.2 Å². The number of aliphatic imine (C=N–C) groups is 1. The van der Waals surface area contributed by atoms with Gasteiger partial charge >= 0.3 is 12.4 Å². The molecule has 1 aromatic carbocycles. The number of halogens is 6. The molecule has 3 aliphatic rings. The van der Waals surface area contributed by atoms with E-state index in [0.717, 1.165) is 17.8 Å². The van der Waals surface area contributed by atoms with Crippen molar-refractivity contribution in [3.8, 4) is 12.3 Å². The maximum absolute atomic E-state index is 13.6.